The number of esters is 4. The van der Waals surface area contributed by atoms with Crippen LogP contribution in [0.25, 0.3) is 0 Å². The minimum Gasteiger partial charge on any atom is -0.462 e. The largest absolute Gasteiger partial charge is 0.462 e. The van der Waals surface area contributed by atoms with Crippen LogP contribution in [0.1, 0.15) is 119 Å². The first-order chi connectivity index (χ1) is 38.6. The molecule has 1 aliphatic carbocycles. The van der Waals surface area contributed by atoms with E-state index >= 15 is 0 Å². The molecule has 0 atom stereocenters. The molecule has 7 rings (SSSR count). The van der Waals surface area contributed by atoms with Gasteiger partial charge in [0, 0.05) is 61.8 Å². The Bertz CT molecular complexity index is 2720. The van der Waals surface area contributed by atoms with Gasteiger partial charge in [-0.1, -0.05) is 118 Å². The highest BCUT2D eigenvalue weighted by Crippen LogP contribution is 2.47. The number of carbonyl (C=O) groups excluding carboxylic acids is 4. The van der Waals surface area contributed by atoms with Crippen LogP contribution in [0.4, 0.5) is 34.1 Å². The number of carbonyl (C=O) groups is 4. The van der Waals surface area contributed by atoms with Crippen LogP contribution >= 0.6 is 0 Å². The number of nitrogens with zero attached hydrogens (tertiary/aromatic N) is 2. The van der Waals surface area contributed by atoms with E-state index in [0.29, 0.717) is 74.4 Å². The molecule has 10 nitrogen and oxygen atoms in total. The fourth-order valence-electron chi connectivity index (χ4n) is 10.2. The minimum absolute atomic E-state index is 0.174. The fourth-order valence-corrected chi connectivity index (χ4v) is 10.2. The Balaban J connectivity index is 1.15. The minimum atomic E-state index is -0.364. The molecule has 416 valence electrons. The zero-order valence-electron chi connectivity index (χ0n) is 47.4. The second-order valence-electron chi connectivity index (χ2n) is 21.2. The Hall–Kier alpha value is -8.24. The summed E-state index contributed by atoms with van der Waals surface area (Å²) in [5, 5.41) is 0. The van der Waals surface area contributed by atoms with Crippen LogP contribution in [0.2, 0.25) is 0 Å². The van der Waals surface area contributed by atoms with Crippen LogP contribution in [-0.4, -0.2) is 50.3 Å². The van der Waals surface area contributed by atoms with Crippen molar-refractivity contribution in [3.05, 3.63) is 228 Å². The zero-order chi connectivity index (χ0) is 57.0. The number of ether oxygens (including phenoxy) is 4. The highest BCUT2D eigenvalue weighted by Gasteiger charge is 2.36. The molecule has 1 fully saturated rings. The molecule has 0 aromatic heterocycles. The van der Waals surface area contributed by atoms with Crippen LogP contribution in [0.5, 0.6) is 0 Å². The van der Waals surface area contributed by atoms with Gasteiger partial charge in [-0.15, -0.1) is 0 Å². The summed E-state index contributed by atoms with van der Waals surface area (Å²) >= 11 is 0. The van der Waals surface area contributed by atoms with E-state index in [1.165, 1.54) is 17.5 Å². The van der Waals surface area contributed by atoms with Crippen LogP contribution < -0.4 is 9.80 Å². The van der Waals surface area contributed by atoms with E-state index in [9.17, 15) is 19.2 Å². The Labute approximate surface area is 474 Å². The molecule has 0 unspecified atom stereocenters. The Morgan fingerprint density at radius 1 is 0.350 bits per heavy atom. The summed E-state index contributed by atoms with van der Waals surface area (Å²) in [6.07, 6.45) is 11.5. The van der Waals surface area contributed by atoms with E-state index < -0.39 is 0 Å². The smallest absolute Gasteiger partial charge is 0.333 e. The lowest BCUT2D eigenvalue weighted by Gasteiger charge is -2.39. The standard InChI is InChI=1S/C70H78N2O8/c1-50(2)66(73)77-46-12-16-54-20-32-60(33-21-54)71(61-34-22-55(23-35-61)17-13-47-78-67(74)51(3)4)64-40-28-58(29-41-64)70(44-10-9-11-45-70)59-30-42-65(43-31-59)72(62-36-24-56(25-37-62)18-14-48-79-68(75)52(5)6)63-38-26-57(27-39-63)19-15-49-80-69(76)53(7)8/h20-43H,1,3,5,7,9-19,44-49H2,2,4,6,8H3. The van der Waals surface area contributed by atoms with Crippen LogP contribution in [0.3, 0.4) is 0 Å². The van der Waals surface area contributed by atoms with Crippen molar-refractivity contribution in [1.29, 1.82) is 0 Å². The average Bonchev–Trinajstić information content (AvgIpc) is 3.52. The van der Waals surface area contributed by atoms with Gasteiger partial charge in [0.1, 0.15) is 0 Å². The summed E-state index contributed by atoms with van der Waals surface area (Å²) in [6.45, 7) is 22.7. The topological polar surface area (TPSA) is 112 Å². The number of rotatable bonds is 28. The molecule has 0 spiro atoms. The van der Waals surface area contributed by atoms with Crippen molar-refractivity contribution >= 4 is 58.0 Å². The Kier molecular flexibility index (Phi) is 21.6. The molecule has 0 saturated heterocycles. The van der Waals surface area contributed by atoms with E-state index in [1.54, 1.807) is 27.7 Å². The quantitative estimate of drug-likeness (QED) is 0.0204. The van der Waals surface area contributed by atoms with Gasteiger partial charge in [-0.3, -0.25) is 0 Å². The molecular formula is C70H78N2O8. The second-order valence-corrected chi connectivity index (χ2v) is 21.2. The van der Waals surface area contributed by atoms with Gasteiger partial charge in [-0.05, 0) is 198 Å². The van der Waals surface area contributed by atoms with Gasteiger partial charge in [-0.25, -0.2) is 19.2 Å². The second kappa shape index (κ2) is 29.1. The fraction of sp³-hybridized carbons (Fsp3) is 0.314. The highest BCUT2D eigenvalue weighted by atomic mass is 16.5. The summed E-state index contributed by atoms with van der Waals surface area (Å²) in [5.74, 6) is -1.46. The molecule has 6 aromatic rings. The first-order valence-electron chi connectivity index (χ1n) is 28.1. The summed E-state index contributed by atoms with van der Waals surface area (Å²) in [6, 6.07) is 52.8. The lowest BCUT2D eigenvalue weighted by molar-refractivity contribution is -0.139. The summed E-state index contributed by atoms with van der Waals surface area (Å²) in [4.78, 5) is 52.4. The molecule has 0 aliphatic heterocycles. The molecule has 0 amide bonds. The first-order valence-corrected chi connectivity index (χ1v) is 28.1. The van der Waals surface area contributed by atoms with E-state index in [1.807, 2.05) is 0 Å². The van der Waals surface area contributed by atoms with Crippen molar-refractivity contribution < 1.29 is 38.1 Å². The number of hydrogen-bond acceptors (Lipinski definition) is 10. The molecule has 0 radical (unpaired) electrons. The van der Waals surface area contributed by atoms with Gasteiger partial charge >= 0.3 is 23.9 Å². The van der Waals surface area contributed by atoms with E-state index in [4.69, 9.17) is 18.9 Å². The Morgan fingerprint density at radius 3 is 0.775 bits per heavy atom. The molecular weight excluding hydrogens is 997 g/mol. The third-order valence-electron chi connectivity index (χ3n) is 14.6. The van der Waals surface area contributed by atoms with E-state index in [-0.39, 0.29) is 29.3 Å². The zero-order valence-corrected chi connectivity index (χ0v) is 47.4. The van der Waals surface area contributed by atoms with Crippen LogP contribution in [0.15, 0.2) is 194 Å². The number of anilines is 6. The Morgan fingerprint density at radius 2 is 0.562 bits per heavy atom. The summed E-state index contributed by atoms with van der Waals surface area (Å²) < 4.78 is 21.4. The summed E-state index contributed by atoms with van der Waals surface area (Å²) in [5.41, 5.74) is 14.8. The van der Waals surface area contributed by atoms with Crippen LogP contribution in [0, 0.1) is 0 Å². The van der Waals surface area contributed by atoms with Gasteiger partial charge in [0.05, 0.1) is 26.4 Å². The molecule has 0 heterocycles. The van der Waals surface area contributed by atoms with Gasteiger partial charge in [0.15, 0.2) is 0 Å². The summed E-state index contributed by atoms with van der Waals surface area (Å²) in [7, 11) is 0. The molecule has 0 N–H and O–H groups in total. The van der Waals surface area contributed by atoms with Gasteiger partial charge in [0.2, 0.25) is 0 Å². The first kappa shape index (κ1) is 59.4. The number of hydrogen-bond donors (Lipinski definition) is 0. The maximum Gasteiger partial charge on any atom is 0.333 e. The van der Waals surface area contributed by atoms with Crippen molar-refractivity contribution in [3.8, 4) is 0 Å². The van der Waals surface area contributed by atoms with Crippen molar-refractivity contribution in [3.63, 3.8) is 0 Å². The third kappa shape index (κ3) is 16.4. The molecule has 10 heteroatoms. The van der Waals surface area contributed by atoms with Crippen molar-refractivity contribution in [2.75, 3.05) is 36.2 Å². The number of benzene rings is 6. The normalized spacial score (nSPS) is 12.6. The molecule has 6 aromatic carbocycles. The maximum absolute atomic E-state index is 11.9. The highest BCUT2D eigenvalue weighted by molar-refractivity contribution is 5.88. The van der Waals surface area contributed by atoms with Crippen molar-refractivity contribution in [2.45, 2.75) is 117 Å². The van der Waals surface area contributed by atoms with E-state index in [0.717, 1.165) is 108 Å². The predicted molar refractivity (Wildman–Crippen MR) is 322 cm³/mol. The number of aryl methyl sites for hydroxylation is 4. The average molecular weight is 1080 g/mol. The molecule has 80 heavy (non-hydrogen) atoms. The SMILES string of the molecule is C=C(C)C(=O)OCCCc1ccc(N(c2ccc(CCCOC(=O)C(=C)C)cc2)c2ccc(C3(c4ccc(N(c5ccc(CCCOC(=O)C(=C)C)cc5)c5ccc(CCCOC(=O)C(=C)C)cc5)cc4)CCCCC3)cc2)cc1. The molecule has 0 bridgehead atoms. The van der Waals surface area contributed by atoms with Gasteiger partial charge in [0.25, 0.3) is 0 Å². The molecule has 1 saturated carbocycles. The van der Waals surface area contributed by atoms with Gasteiger partial charge in [-0.2, -0.15) is 0 Å². The maximum atomic E-state index is 11.9. The van der Waals surface area contributed by atoms with Gasteiger partial charge < -0.3 is 28.7 Å². The van der Waals surface area contributed by atoms with Crippen LogP contribution in [-0.2, 0) is 69.2 Å². The lowest BCUT2D eigenvalue weighted by Crippen LogP contribution is -2.30. The lowest BCUT2D eigenvalue weighted by atomic mass is 9.65. The van der Waals surface area contributed by atoms with Crippen molar-refractivity contribution in [1.82, 2.24) is 0 Å². The molecule has 1 aliphatic rings. The third-order valence-corrected chi connectivity index (χ3v) is 14.6. The monoisotopic (exact) mass is 1070 g/mol. The predicted octanol–water partition coefficient (Wildman–Crippen LogP) is 16.1. The van der Waals surface area contributed by atoms with E-state index in [2.05, 4.69) is 182 Å². The van der Waals surface area contributed by atoms with Crippen molar-refractivity contribution in [2.24, 2.45) is 0 Å².